The molecule has 1 heteroatoms. The lowest BCUT2D eigenvalue weighted by molar-refractivity contribution is 0.674. The summed E-state index contributed by atoms with van der Waals surface area (Å²) in [6, 6.07) is 0. The summed E-state index contributed by atoms with van der Waals surface area (Å²) >= 11 is 0. The summed E-state index contributed by atoms with van der Waals surface area (Å²) in [6.45, 7) is 6.85. The Labute approximate surface area is 161 Å². The van der Waals surface area contributed by atoms with Crippen LogP contribution in [0.2, 0.25) is 0 Å². The smallest absolute Gasteiger partial charge is 0.0347 e. The van der Waals surface area contributed by atoms with Gasteiger partial charge in [-0.15, -0.1) is 0 Å². The number of hydrogen-bond donors (Lipinski definition) is 0. The lowest BCUT2D eigenvalue weighted by atomic mass is 10.2. The highest BCUT2D eigenvalue weighted by atomic mass is 31.1. The van der Waals surface area contributed by atoms with E-state index in [1.807, 2.05) is 0 Å². The minimum Gasteiger partial charge on any atom is -0.0835 e. The predicted octanol–water partition coefficient (Wildman–Crippen LogP) is 9.92. The maximum atomic E-state index is 2.48. The largest absolute Gasteiger partial charge is 0.0835 e. The third-order valence-electron chi connectivity index (χ3n) is 4.51. The van der Waals surface area contributed by atoms with Crippen LogP contribution in [0.3, 0.4) is 0 Å². The highest BCUT2D eigenvalue weighted by Gasteiger charge is 1.94. The van der Waals surface area contributed by atoms with Gasteiger partial charge in [-0.05, 0) is 46.4 Å². The summed E-state index contributed by atoms with van der Waals surface area (Å²) in [7, 11) is -0.176. The Balaban J connectivity index is 4.17. The maximum absolute atomic E-state index is 2.48. The molecule has 0 aliphatic heterocycles. The lowest BCUT2D eigenvalue weighted by Crippen LogP contribution is -1.75. The molecule has 0 atom stereocenters. The van der Waals surface area contributed by atoms with Crippen LogP contribution in [0.5, 0.6) is 0 Å². The molecule has 0 aromatic heterocycles. The van der Waals surface area contributed by atoms with Crippen LogP contribution in [0.25, 0.3) is 0 Å². The van der Waals surface area contributed by atoms with E-state index in [-0.39, 0.29) is 7.92 Å². The second-order valence-corrected chi connectivity index (χ2v) is 8.94. The third-order valence-corrected chi connectivity index (χ3v) is 6.17. The predicted molar refractivity (Wildman–Crippen MR) is 121 cm³/mol. The van der Waals surface area contributed by atoms with Crippen molar-refractivity contribution in [2.24, 2.45) is 0 Å². The van der Waals surface area contributed by atoms with Crippen LogP contribution in [0.1, 0.15) is 117 Å². The van der Waals surface area contributed by atoms with Crippen LogP contribution < -0.4 is 0 Å². The number of allylic oxidation sites excluding steroid dienone is 3. The van der Waals surface area contributed by atoms with Gasteiger partial charge in [0.1, 0.15) is 0 Å². The molecule has 0 aromatic rings. The van der Waals surface area contributed by atoms with Gasteiger partial charge in [0.2, 0.25) is 0 Å². The molecule has 0 heterocycles. The molecule has 0 fully saturated rings. The first-order chi connectivity index (χ1) is 12.3. The lowest BCUT2D eigenvalue weighted by Gasteiger charge is -2.03. The number of hydrogen-bond acceptors (Lipinski definition) is 0. The van der Waals surface area contributed by atoms with E-state index in [0.717, 1.165) is 0 Å². The van der Waals surface area contributed by atoms with E-state index >= 15 is 0 Å². The summed E-state index contributed by atoms with van der Waals surface area (Å²) in [5.41, 5.74) is 0. The van der Waals surface area contributed by atoms with Crippen molar-refractivity contribution in [2.75, 3.05) is 0 Å². The van der Waals surface area contributed by atoms with E-state index in [1.54, 1.807) is 0 Å². The Morgan fingerprint density at radius 2 is 0.760 bits per heavy atom. The highest BCUT2D eigenvalue weighted by molar-refractivity contribution is 7.67. The normalized spacial score (nSPS) is 13.6. The Hall–Kier alpha value is -0.350. The van der Waals surface area contributed by atoms with Gasteiger partial charge in [-0.2, -0.15) is 0 Å². The molecule has 0 saturated heterocycles. The van der Waals surface area contributed by atoms with Crippen molar-refractivity contribution in [3.05, 3.63) is 35.7 Å². The molecule has 0 aliphatic rings. The average Bonchev–Trinajstić information content (AvgIpc) is 2.63. The van der Waals surface area contributed by atoms with Gasteiger partial charge in [0.15, 0.2) is 0 Å². The summed E-state index contributed by atoms with van der Waals surface area (Å²) < 4.78 is 0. The summed E-state index contributed by atoms with van der Waals surface area (Å²) in [4.78, 5) is 0. The van der Waals surface area contributed by atoms with Gasteiger partial charge in [-0.25, -0.2) is 0 Å². The molecule has 0 radical (unpaired) electrons. The molecule has 0 unspecified atom stereocenters. The van der Waals surface area contributed by atoms with Crippen molar-refractivity contribution in [1.82, 2.24) is 0 Å². The van der Waals surface area contributed by atoms with Gasteiger partial charge in [-0.1, -0.05) is 114 Å². The van der Waals surface area contributed by atoms with Crippen molar-refractivity contribution >= 4 is 7.92 Å². The molecule has 0 N–H and O–H groups in total. The fraction of sp³-hybridized carbons (Fsp3) is 0.750. The van der Waals surface area contributed by atoms with Gasteiger partial charge in [0.05, 0.1) is 0 Å². The average molecular weight is 365 g/mol. The summed E-state index contributed by atoms with van der Waals surface area (Å²) in [5.74, 6) is 7.44. The molecule has 0 rings (SSSR count). The molecule has 0 spiro atoms. The Bertz CT molecular complexity index is 275. The van der Waals surface area contributed by atoms with E-state index in [1.165, 1.54) is 96.3 Å². The Morgan fingerprint density at radius 1 is 0.440 bits per heavy atom. The van der Waals surface area contributed by atoms with Crippen LogP contribution in [0, 0.1) is 0 Å². The molecule has 0 nitrogen and oxygen atoms in total. The zero-order valence-electron chi connectivity index (χ0n) is 17.5. The van der Waals surface area contributed by atoms with Crippen molar-refractivity contribution in [2.45, 2.75) is 117 Å². The topological polar surface area (TPSA) is 0 Å². The third kappa shape index (κ3) is 19.8. The second-order valence-electron chi connectivity index (χ2n) is 7.15. The quantitative estimate of drug-likeness (QED) is 0.168. The minimum absolute atomic E-state index is 0.176. The molecule has 0 aromatic carbocycles. The molecule has 0 bridgehead atoms. The zero-order valence-corrected chi connectivity index (χ0v) is 18.4. The fourth-order valence-corrected chi connectivity index (χ4v) is 4.28. The van der Waals surface area contributed by atoms with Crippen molar-refractivity contribution < 1.29 is 0 Å². The Morgan fingerprint density at radius 3 is 1.04 bits per heavy atom. The molecular weight excluding hydrogens is 319 g/mol. The van der Waals surface area contributed by atoms with E-state index in [2.05, 4.69) is 56.5 Å². The molecular formula is C24H45P. The Kier molecular flexibility index (Phi) is 21.4. The molecule has 0 saturated carbocycles. The fourth-order valence-electron chi connectivity index (χ4n) is 2.80. The zero-order chi connectivity index (χ0) is 18.4. The van der Waals surface area contributed by atoms with Crippen molar-refractivity contribution in [3.63, 3.8) is 0 Å². The van der Waals surface area contributed by atoms with E-state index in [0.29, 0.717) is 0 Å². The summed E-state index contributed by atoms with van der Waals surface area (Å²) in [6.07, 6.45) is 27.5. The minimum atomic E-state index is -0.176. The standard InChI is InChI=1S/C24H45P/c1-4-7-10-13-16-19-22-25(23-20-17-14-11-8-5-2)24-21-18-15-12-9-6-3/h19-24H,4-18H2,1-3H3. The van der Waals surface area contributed by atoms with Crippen LogP contribution >= 0.6 is 7.92 Å². The van der Waals surface area contributed by atoms with Gasteiger partial charge in [0, 0.05) is 0 Å². The van der Waals surface area contributed by atoms with E-state index < -0.39 is 0 Å². The SMILES string of the molecule is CCCCCCC=CP(C=CCCCCCC)C=CCCCCCC. The van der Waals surface area contributed by atoms with Crippen LogP contribution in [-0.4, -0.2) is 0 Å². The molecule has 0 aliphatic carbocycles. The van der Waals surface area contributed by atoms with Gasteiger partial charge in [-0.3, -0.25) is 0 Å². The second kappa shape index (κ2) is 21.7. The van der Waals surface area contributed by atoms with Crippen molar-refractivity contribution in [3.8, 4) is 0 Å². The number of unbranched alkanes of at least 4 members (excludes halogenated alkanes) is 12. The van der Waals surface area contributed by atoms with Gasteiger partial charge >= 0.3 is 0 Å². The maximum Gasteiger partial charge on any atom is -0.0347 e. The first-order valence-corrected chi connectivity index (χ1v) is 12.7. The monoisotopic (exact) mass is 364 g/mol. The van der Waals surface area contributed by atoms with Gasteiger partial charge in [0.25, 0.3) is 0 Å². The van der Waals surface area contributed by atoms with Gasteiger partial charge < -0.3 is 0 Å². The first-order valence-electron chi connectivity index (χ1n) is 11.1. The van der Waals surface area contributed by atoms with Crippen LogP contribution in [0.15, 0.2) is 35.7 Å². The van der Waals surface area contributed by atoms with Crippen molar-refractivity contribution in [1.29, 1.82) is 0 Å². The molecule has 25 heavy (non-hydrogen) atoms. The van der Waals surface area contributed by atoms with Crippen LogP contribution in [-0.2, 0) is 0 Å². The summed E-state index contributed by atoms with van der Waals surface area (Å²) in [5, 5.41) is 0. The molecule has 0 amide bonds. The van der Waals surface area contributed by atoms with E-state index in [9.17, 15) is 0 Å². The van der Waals surface area contributed by atoms with Crippen LogP contribution in [0.4, 0.5) is 0 Å². The highest BCUT2D eigenvalue weighted by Crippen LogP contribution is 2.41. The molecule has 146 valence electrons. The van der Waals surface area contributed by atoms with E-state index in [4.69, 9.17) is 0 Å². The first kappa shape index (κ1) is 24.7. The number of rotatable bonds is 18.